The summed E-state index contributed by atoms with van der Waals surface area (Å²) in [6, 6.07) is 9.65. The van der Waals surface area contributed by atoms with Crippen molar-refractivity contribution in [1.82, 2.24) is 9.80 Å². The van der Waals surface area contributed by atoms with E-state index in [9.17, 15) is 19.2 Å². The summed E-state index contributed by atoms with van der Waals surface area (Å²) >= 11 is 0. The third kappa shape index (κ3) is 3.71. The number of imide groups is 2. The number of carbonyl (C=O) groups is 4. The van der Waals surface area contributed by atoms with Crippen molar-refractivity contribution in [3.05, 3.63) is 47.7 Å². The van der Waals surface area contributed by atoms with Gasteiger partial charge in [-0.15, -0.1) is 0 Å². The summed E-state index contributed by atoms with van der Waals surface area (Å²) in [4.78, 5) is 49.3. The van der Waals surface area contributed by atoms with E-state index in [1.807, 2.05) is 30.3 Å². The monoisotopic (exact) mass is 314 g/mol. The Morgan fingerprint density at radius 3 is 2.30 bits per heavy atom. The van der Waals surface area contributed by atoms with Crippen LogP contribution in [0.2, 0.25) is 0 Å². The molecule has 2 rings (SSSR count). The van der Waals surface area contributed by atoms with Gasteiger partial charge in [-0.1, -0.05) is 36.4 Å². The molecule has 23 heavy (non-hydrogen) atoms. The zero-order valence-electron chi connectivity index (χ0n) is 13.1. The lowest BCUT2D eigenvalue weighted by Gasteiger charge is -2.32. The summed E-state index contributed by atoms with van der Waals surface area (Å²) in [5.41, 5.74) is 1.04. The SMILES string of the molecule is CC(=O)N1CC(=O)N(C(C)=O)C(=CCCc2ccccc2)C1=O. The van der Waals surface area contributed by atoms with Gasteiger partial charge in [0.1, 0.15) is 12.2 Å². The third-order valence-corrected chi connectivity index (χ3v) is 3.56. The Morgan fingerprint density at radius 2 is 1.74 bits per heavy atom. The maximum absolute atomic E-state index is 12.4. The van der Waals surface area contributed by atoms with Crippen molar-refractivity contribution in [1.29, 1.82) is 0 Å². The minimum atomic E-state index is -0.611. The van der Waals surface area contributed by atoms with Gasteiger partial charge >= 0.3 is 0 Å². The van der Waals surface area contributed by atoms with Crippen molar-refractivity contribution in [3.63, 3.8) is 0 Å². The second kappa shape index (κ2) is 7.00. The lowest BCUT2D eigenvalue weighted by Crippen LogP contribution is -2.54. The summed E-state index contributed by atoms with van der Waals surface area (Å²) in [5.74, 6) is -2.23. The first-order valence-electron chi connectivity index (χ1n) is 7.32. The van der Waals surface area contributed by atoms with Crippen molar-refractivity contribution in [2.45, 2.75) is 26.7 Å². The molecule has 6 nitrogen and oxygen atoms in total. The van der Waals surface area contributed by atoms with Gasteiger partial charge < -0.3 is 0 Å². The highest BCUT2D eigenvalue weighted by Gasteiger charge is 2.38. The van der Waals surface area contributed by atoms with E-state index in [1.54, 1.807) is 6.08 Å². The first-order valence-corrected chi connectivity index (χ1v) is 7.32. The number of nitrogens with zero attached hydrogens (tertiary/aromatic N) is 2. The molecule has 1 saturated heterocycles. The Hall–Kier alpha value is -2.76. The summed E-state index contributed by atoms with van der Waals surface area (Å²) in [5, 5.41) is 0. The number of allylic oxidation sites excluding steroid dienone is 1. The quantitative estimate of drug-likeness (QED) is 0.787. The highest BCUT2D eigenvalue weighted by molar-refractivity contribution is 6.15. The maximum Gasteiger partial charge on any atom is 0.277 e. The molecule has 0 spiro atoms. The Bertz CT molecular complexity index is 679. The summed E-state index contributed by atoms with van der Waals surface area (Å²) < 4.78 is 0. The van der Waals surface area contributed by atoms with E-state index in [0.29, 0.717) is 12.8 Å². The number of carbonyl (C=O) groups excluding carboxylic acids is 4. The largest absolute Gasteiger partial charge is 0.277 e. The van der Waals surface area contributed by atoms with E-state index < -0.39 is 30.2 Å². The molecule has 0 aromatic heterocycles. The molecule has 0 atom stereocenters. The van der Waals surface area contributed by atoms with Crippen molar-refractivity contribution in [2.24, 2.45) is 0 Å². The molecule has 1 aliphatic rings. The second-order valence-corrected chi connectivity index (χ2v) is 5.27. The van der Waals surface area contributed by atoms with Crippen LogP contribution >= 0.6 is 0 Å². The van der Waals surface area contributed by atoms with Gasteiger partial charge in [0.05, 0.1) is 0 Å². The van der Waals surface area contributed by atoms with Gasteiger partial charge in [-0.05, 0) is 18.4 Å². The zero-order chi connectivity index (χ0) is 17.0. The predicted molar refractivity (Wildman–Crippen MR) is 82.8 cm³/mol. The topological polar surface area (TPSA) is 74.8 Å². The Morgan fingerprint density at radius 1 is 1.09 bits per heavy atom. The number of benzene rings is 1. The van der Waals surface area contributed by atoms with Crippen LogP contribution < -0.4 is 0 Å². The fourth-order valence-electron chi connectivity index (χ4n) is 2.44. The molecule has 0 saturated carbocycles. The number of aryl methyl sites for hydroxylation is 1. The minimum absolute atomic E-state index is 0.0418. The first kappa shape index (κ1) is 16.6. The van der Waals surface area contributed by atoms with E-state index >= 15 is 0 Å². The molecular formula is C17H18N2O4. The van der Waals surface area contributed by atoms with Crippen LogP contribution in [0.3, 0.4) is 0 Å². The highest BCUT2D eigenvalue weighted by Crippen LogP contribution is 2.18. The molecule has 1 aromatic rings. The van der Waals surface area contributed by atoms with Crippen molar-refractivity contribution >= 4 is 23.6 Å². The number of rotatable bonds is 3. The van der Waals surface area contributed by atoms with Crippen LogP contribution in [-0.2, 0) is 25.6 Å². The molecule has 6 heteroatoms. The Labute approximate surface area is 134 Å². The first-order chi connectivity index (χ1) is 10.9. The molecule has 0 aliphatic carbocycles. The molecule has 1 aromatic carbocycles. The standard InChI is InChI=1S/C17H18N2O4/c1-12(20)18-11-16(22)19(13(2)21)15(17(18)23)10-6-9-14-7-4-3-5-8-14/h3-5,7-8,10H,6,9,11H2,1-2H3. The van der Waals surface area contributed by atoms with E-state index in [0.717, 1.165) is 15.4 Å². The van der Waals surface area contributed by atoms with Crippen LogP contribution in [-0.4, -0.2) is 40.0 Å². The Balaban J connectivity index is 2.23. The van der Waals surface area contributed by atoms with Crippen LogP contribution in [0.25, 0.3) is 0 Å². The van der Waals surface area contributed by atoms with Gasteiger partial charge in [-0.3, -0.25) is 24.1 Å². The average Bonchev–Trinajstić information content (AvgIpc) is 2.50. The van der Waals surface area contributed by atoms with Gasteiger partial charge in [0, 0.05) is 13.8 Å². The number of hydrogen-bond acceptors (Lipinski definition) is 4. The van der Waals surface area contributed by atoms with Crippen LogP contribution in [0.1, 0.15) is 25.8 Å². The van der Waals surface area contributed by atoms with Gasteiger partial charge in [0.25, 0.3) is 11.8 Å². The van der Waals surface area contributed by atoms with Crippen LogP contribution in [0, 0.1) is 0 Å². The third-order valence-electron chi connectivity index (χ3n) is 3.56. The maximum atomic E-state index is 12.4. The van der Waals surface area contributed by atoms with E-state index in [-0.39, 0.29) is 5.70 Å². The lowest BCUT2D eigenvalue weighted by atomic mass is 10.1. The van der Waals surface area contributed by atoms with Crippen LogP contribution in [0.5, 0.6) is 0 Å². The summed E-state index contributed by atoms with van der Waals surface area (Å²) in [7, 11) is 0. The average molecular weight is 314 g/mol. The van der Waals surface area contributed by atoms with E-state index in [1.165, 1.54) is 13.8 Å². The van der Waals surface area contributed by atoms with E-state index in [2.05, 4.69) is 0 Å². The fraction of sp³-hybridized carbons (Fsp3) is 0.294. The highest BCUT2D eigenvalue weighted by atomic mass is 16.2. The minimum Gasteiger partial charge on any atom is -0.275 e. The van der Waals surface area contributed by atoms with Crippen molar-refractivity contribution in [3.8, 4) is 0 Å². The molecule has 120 valence electrons. The van der Waals surface area contributed by atoms with Gasteiger partial charge in [-0.25, -0.2) is 4.90 Å². The molecule has 1 heterocycles. The smallest absolute Gasteiger partial charge is 0.275 e. The molecule has 4 amide bonds. The predicted octanol–water partition coefficient (Wildman–Crippen LogP) is 1.27. The van der Waals surface area contributed by atoms with Crippen molar-refractivity contribution in [2.75, 3.05) is 6.54 Å². The van der Waals surface area contributed by atoms with Gasteiger partial charge in [-0.2, -0.15) is 0 Å². The number of amides is 4. The van der Waals surface area contributed by atoms with E-state index in [4.69, 9.17) is 0 Å². The Kier molecular flexibility index (Phi) is 5.05. The zero-order valence-corrected chi connectivity index (χ0v) is 13.1. The molecule has 0 N–H and O–H groups in total. The summed E-state index contributed by atoms with van der Waals surface area (Å²) in [6.07, 6.45) is 2.69. The molecule has 0 unspecified atom stereocenters. The summed E-state index contributed by atoms with van der Waals surface area (Å²) in [6.45, 7) is 2.04. The lowest BCUT2D eigenvalue weighted by molar-refractivity contribution is -0.157. The van der Waals surface area contributed by atoms with Crippen LogP contribution in [0.4, 0.5) is 0 Å². The molecule has 1 fully saturated rings. The number of hydrogen-bond donors (Lipinski definition) is 0. The molecule has 0 radical (unpaired) electrons. The second-order valence-electron chi connectivity index (χ2n) is 5.27. The fourth-order valence-corrected chi connectivity index (χ4v) is 2.44. The van der Waals surface area contributed by atoms with Crippen molar-refractivity contribution < 1.29 is 19.2 Å². The molecular weight excluding hydrogens is 296 g/mol. The van der Waals surface area contributed by atoms with Crippen LogP contribution in [0.15, 0.2) is 42.1 Å². The number of piperazine rings is 1. The normalized spacial score (nSPS) is 16.9. The molecule has 1 aliphatic heterocycles. The van der Waals surface area contributed by atoms with Gasteiger partial charge in [0.15, 0.2) is 0 Å². The van der Waals surface area contributed by atoms with Gasteiger partial charge in [0.2, 0.25) is 11.8 Å². The molecule has 0 bridgehead atoms.